The lowest BCUT2D eigenvalue weighted by Gasteiger charge is -2.26. The number of nitrogens with zero attached hydrogens (tertiary/aromatic N) is 2. The number of ether oxygens (including phenoxy) is 2. The number of hydrogen-bond acceptors (Lipinski definition) is 6. The molecule has 1 aromatic heterocycles. The van der Waals surface area contributed by atoms with Crippen molar-refractivity contribution in [3.05, 3.63) is 53.7 Å². The Morgan fingerprint density at radius 1 is 1.14 bits per heavy atom. The zero-order valence-corrected chi connectivity index (χ0v) is 17.3. The first kappa shape index (κ1) is 18.9. The average Bonchev–Trinajstić information content (AvgIpc) is 3.17. The third kappa shape index (κ3) is 4.12. The van der Waals surface area contributed by atoms with E-state index in [-0.39, 0.29) is 6.10 Å². The van der Waals surface area contributed by atoms with E-state index in [1.54, 1.807) is 6.20 Å². The molecule has 2 aromatic rings. The van der Waals surface area contributed by atoms with Gasteiger partial charge in [-0.2, -0.15) is 0 Å². The monoisotopic (exact) mass is 414 g/mol. The second-order valence-electron chi connectivity index (χ2n) is 8.57. The van der Waals surface area contributed by atoms with Crippen molar-refractivity contribution >= 4 is 9.84 Å². The third-order valence-corrected chi connectivity index (χ3v) is 7.38. The molecule has 0 bridgehead atoms. The topological polar surface area (TPSA) is 68.7 Å². The Morgan fingerprint density at radius 2 is 1.90 bits per heavy atom. The molecule has 3 aliphatic rings. The highest BCUT2D eigenvalue weighted by Gasteiger charge is 2.54. The maximum atomic E-state index is 11.4. The molecule has 1 aromatic carbocycles. The minimum Gasteiger partial charge on any atom is -0.484 e. The Balaban J connectivity index is 1.13. The molecule has 0 amide bonds. The molecule has 154 valence electrons. The van der Waals surface area contributed by atoms with Crippen LogP contribution in [0, 0.1) is 17.8 Å². The molecule has 1 unspecified atom stereocenters. The van der Waals surface area contributed by atoms with Gasteiger partial charge in [0.05, 0.1) is 5.75 Å². The zero-order chi connectivity index (χ0) is 20.0. The summed E-state index contributed by atoms with van der Waals surface area (Å²) in [7, 11) is -2.84. The van der Waals surface area contributed by atoms with Crippen LogP contribution in [-0.4, -0.2) is 50.0 Å². The van der Waals surface area contributed by atoms with E-state index in [2.05, 4.69) is 34.1 Å². The highest BCUT2D eigenvalue weighted by Crippen LogP contribution is 2.53. The fraction of sp³-hybridized carbons (Fsp3) is 0.500. The van der Waals surface area contributed by atoms with Gasteiger partial charge >= 0.3 is 0 Å². The van der Waals surface area contributed by atoms with Crippen LogP contribution in [0.25, 0.3) is 0 Å². The van der Waals surface area contributed by atoms with Crippen molar-refractivity contribution in [3.8, 4) is 11.6 Å². The summed E-state index contributed by atoms with van der Waals surface area (Å²) in [5.41, 5.74) is 2.38. The summed E-state index contributed by atoms with van der Waals surface area (Å²) in [6.45, 7) is 3.60. The zero-order valence-electron chi connectivity index (χ0n) is 16.5. The fourth-order valence-electron chi connectivity index (χ4n) is 4.81. The van der Waals surface area contributed by atoms with E-state index >= 15 is 0 Å². The summed E-state index contributed by atoms with van der Waals surface area (Å²) in [5, 5.41) is 0. The number of pyridine rings is 1. The van der Waals surface area contributed by atoms with E-state index in [0.717, 1.165) is 31.6 Å². The van der Waals surface area contributed by atoms with E-state index < -0.39 is 9.84 Å². The number of benzene rings is 1. The first-order chi connectivity index (χ1) is 14.0. The Labute approximate surface area is 171 Å². The van der Waals surface area contributed by atoms with E-state index in [0.29, 0.717) is 41.7 Å². The number of fused-ring (bicyclic) bond motifs is 2. The van der Waals surface area contributed by atoms with Gasteiger partial charge in [-0.15, -0.1) is 0 Å². The van der Waals surface area contributed by atoms with Gasteiger partial charge in [0.25, 0.3) is 5.88 Å². The van der Waals surface area contributed by atoms with Crippen molar-refractivity contribution in [2.24, 2.45) is 17.8 Å². The maximum Gasteiger partial charge on any atom is 0.257 e. The van der Waals surface area contributed by atoms with Crippen LogP contribution in [0.1, 0.15) is 23.7 Å². The molecule has 29 heavy (non-hydrogen) atoms. The molecular formula is C22H26N2O4S. The van der Waals surface area contributed by atoms with Crippen LogP contribution in [0.15, 0.2) is 42.6 Å². The van der Waals surface area contributed by atoms with Crippen molar-refractivity contribution in [3.63, 3.8) is 0 Å². The second kappa shape index (κ2) is 7.29. The van der Waals surface area contributed by atoms with Crippen molar-refractivity contribution in [1.29, 1.82) is 0 Å². The van der Waals surface area contributed by atoms with Gasteiger partial charge in [0.1, 0.15) is 16.4 Å². The molecular weight excluding hydrogens is 388 g/mol. The minimum absolute atomic E-state index is 0.138. The van der Waals surface area contributed by atoms with E-state index in [1.165, 1.54) is 11.8 Å². The van der Waals surface area contributed by atoms with Gasteiger partial charge in [0, 0.05) is 32.1 Å². The van der Waals surface area contributed by atoms with Gasteiger partial charge in [0.2, 0.25) is 0 Å². The predicted molar refractivity (Wildman–Crippen MR) is 110 cm³/mol. The Morgan fingerprint density at radius 3 is 2.62 bits per heavy atom. The van der Waals surface area contributed by atoms with Crippen LogP contribution in [0.4, 0.5) is 0 Å². The summed E-state index contributed by atoms with van der Waals surface area (Å²) < 4.78 is 34.5. The largest absolute Gasteiger partial charge is 0.484 e. The summed E-state index contributed by atoms with van der Waals surface area (Å²) in [6, 6.07) is 12.3. The molecule has 0 N–H and O–H groups in total. The number of hydrogen-bond donors (Lipinski definition) is 0. The van der Waals surface area contributed by atoms with Gasteiger partial charge in [0.15, 0.2) is 11.9 Å². The first-order valence-corrected chi connectivity index (χ1v) is 12.3. The van der Waals surface area contributed by atoms with Gasteiger partial charge in [-0.1, -0.05) is 24.3 Å². The fourth-order valence-corrected chi connectivity index (χ4v) is 5.51. The molecule has 6 nitrogen and oxygen atoms in total. The summed E-state index contributed by atoms with van der Waals surface area (Å²) in [6.07, 6.45) is 3.74. The van der Waals surface area contributed by atoms with Crippen molar-refractivity contribution < 1.29 is 17.9 Å². The predicted octanol–water partition coefficient (Wildman–Crippen LogP) is 2.71. The Bertz CT molecular complexity index is 980. The quantitative estimate of drug-likeness (QED) is 0.724. The molecule has 0 spiro atoms. The summed E-state index contributed by atoms with van der Waals surface area (Å²) in [4.78, 5) is 6.73. The van der Waals surface area contributed by atoms with Gasteiger partial charge < -0.3 is 9.47 Å². The summed E-state index contributed by atoms with van der Waals surface area (Å²) >= 11 is 0. The van der Waals surface area contributed by atoms with E-state index in [9.17, 15) is 8.42 Å². The number of sulfone groups is 1. The average molecular weight is 415 g/mol. The number of piperidine rings is 1. The number of aromatic nitrogens is 1. The van der Waals surface area contributed by atoms with Crippen LogP contribution in [0.5, 0.6) is 11.6 Å². The normalized spacial score (nSPS) is 28.2. The highest BCUT2D eigenvalue weighted by atomic mass is 32.2. The number of likely N-dealkylation sites (tertiary alicyclic amines) is 1. The molecule has 0 radical (unpaired) electrons. The molecule has 1 aliphatic carbocycles. The Hall–Kier alpha value is -2.12. The molecule has 5 rings (SSSR count). The van der Waals surface area contributed by atoms with Crippen LogP contribution in [0.2, 0.25) is 0 Å². The van der Waals surface area contributed by atoms with E-state index in [1.807, 2.05) is 12.1 Å². The smallest absolute Gasteiger partial charge is 0.257 e. The highest BCUT2D eigenvalue weighted by molar-refractivity contribution is 7.90. The van der Waals surface area contributed by atoms with Crippen LogP contribution in [-0.2, 0) is 16.4 Å². The van der Waals surface area contributed by atoms with E-state index in [4.69, 9.17) is 9.47 Å². The Kier molecular flexibility index (Phi) is 4.75. The lowest BCUT2D eigenvalue weighted by molar-refractivity contribution is 0.0851. The van der Waals surface area contributed by atoms with Crippen molar-refractivity contribution in [1.82, 2.24) is 9.88 Å². The molecule has 4 atom stereocenters. The van der Waals surface area contributed by atoms with Crippen molar-refractivity contribution in [2.75, 3.05) is 31.7 Å². The molecule has 2 fully saturated rings. The van der Waals surface area contributed by atoms with Gasteiger partial charge in [-0.25, -0.2) is 13.4 Å². The van der Waals surface area contributed by atoms with Crippen LogP contribution in [0.3, 0.4) is 0 Å². The molecule has 1 saturated heterocycles. The van der Waals surface area contributed by atoms with Crippen molar-refractivity contribution in [2.45, 2.75) is 19.1 Å². The molecule has 1 saturated carbocycles. The van der Waals surface area contributed by atoms with Gasteiger partial charge in [-0.05, 0) is 47.4 Å². The van der Waals surface area contributed by atoms with Gasteiger partial charge in [-0.3, -0.25) is 4.90 Å². The minimum atomic E-state index is -2.84. The van der Waals surface area contributed by atoms with Crippen LogP contribution < -0.4 is 9.47 Å². The second-order valence-corrected chi connectivity index (χ2v) is 10.8. The standard InChI is InChI=1S/C22H26N2O4S/c1-29(25,26)10-8-17-18-12-24(13-19(17)18)11-15-4-6-16(7-5-15)21-14-27-20-3-2-9-23-22(20)28-21/h2-7,9,17-19,21H,8,10-14H2,1H3/t17?,18-,19+,21-/m1/s1. The molecule has 7 heteroatoms. The number of rotatable bonds is 6. The third-order valence-electron chi connectivity index (χ3n) is 6.41. The first-order valence-electron chi connectivity index (χ1n) is 10.2. The lowest BCUT2D eigenvalue weighted by Crippen LogP contribution is -2.25. The molecule has 2 aliphatic heterocycles. The molecule has 3 heterocycles. The maximum absolute atomic E-state index is 11.4. The van der Waals surface area contributed by atoms with Crippen LogP contribution >= 0.6 is 0 Å². The SMILES string of the molecule is CS(=O)(=O)CCC1[C@H]2CN(Cc3ccc([C@H]4COc5cccnc5O4)cc3)C[C@@H]12. The summed E-state index contributed by atoms with van der Waals surface area (Å²) in [5.74, 6) is 3.58. The lowest BCUT2D eigenvalue weighted by atomic mass is 10.1.